The number of carbonyl (C=O) groups is 3. The SMILES string of the molecule is Cc1cc2oc(=O)cc(CN3C(=O)C(=O)N(CC(C)C)C3=O)c2cc1C. The van der Waals surface area contributed by atoms with E-state index in [1.165, 1.54) is 6.07 Å². The number of hydrogen-bond acceptors (Lipinski definition) is 5. The van der Waals surface area contributed by atoms with Crippen molar-refractivity contribution in [2.24, 2.45) is 5.92 Å². The highest BCUT2D eigenvalue weighted by molar-refractivity contribution is 6.44. The van der Waals surface area contributed by atoms with E-state index < -0.39 is 23.5 Å². The highest BCUT2D eigenvalue weighted by Gasteiger charge is 2.44. The van der Waals surface area contributed by atoms with Crippen LogP contribution in [0.4, 0.5) is 4.79 Å². The van der Waals surface area contributed by atoms with Gasteiger partial charge in [-0.2, -0.15) is 0 Å². The fourth-order valence-corrected chi connectivity index (χ4v) is 3.00. The fraction of sp³-hybridized carbons (Fsp3) is 0.368. The van der Waals surface area contributed by atoms with E-state index in [9.17, 15) is 19.2 Å². The molecule has 2 heterocycles. The molecule has 0 spiro atoms. The molecule has 1 aliphatic rings. The predicted molar refractivity (Wildman–Crippen MR) is 94.5 cm³/mol. The summed E-state index contributed by atoms with van der Waals surface area (Å²) in [5.74, 6) is -1.66. The lowest BCUT2D eigenvalue weighted by Crippen LogP contribution is -2.35. The Morgan fingerprint density at radius 1 is 0.923 bits per heavy atom. The molecule has 1 aliphatic heterocycles. The minimum Gasteiger partial charge on any atom is -0.423 e. The standard InChI is InChI=1S/C19H20N2O5/c1-10(2)8-20-17(23)18(24)21(19(20)25)9-13-7-16(22)26-15-6-12(4)11(3)5-14(13)15/h5-7,10H,8-9H2,1-4H3. The highest BCUT2D eigenvalue weighted by atomic mass is 16.4. The monoisotopic (exact) mass is 356 g/mol. The molecule has 1 saturated heterocycles. The molecule has 1 aromatic carbocycles. The number of hydrogen-bond donors (Lipinski definition) is 0. The Labute approximate surface area is 150 Å². The zero-order valence-electron chi connectivity index (χ0n) is 15.2. The van der Waals surface area contributed by atoms with Crippen LogP contribution in [0.3, 0.4) is 0 Å². The summed E-state index contributed by atoms with van der Waals surface area (Å²) < 4.78 is 5.23. The topological polar surface area (TPSA) is 87.9 Å². The van der Waals surface area contributed by atoms with Crippen molar-refractivity contribution in [3.05, 3.63) is 45.3 Å². The molecule has 0 atom stereocenters. The molecular weight excluding hydrogens is 336 g/mol. The van der Waals surface area contributed by atoms with E-state index in [0.29, 0.717) is 16.5 Å². The van der Waals surface area contributed by atoms with Crippen LogP contribution in [0.15, 0.2) is 27.4 Å². The summed E-state index contributed by atoms with van der Waals surface area (Å²) in [7, 11) is 0. The largest absolute Gasteiger partial charge is 0.423 e. The first-order chi connectivity index (χ1) is 12.2. The van der Waals surface area contributed by atoms with Crippen molar-refractivity contribution in [1.29, 1.82) is 0 Å². The Bertz CT molecular complexity index is 989. The summed E-state index contributed by atoms with van der Waals surface area (Å²) >= 11 is 0. The molecule has 0 N–H and O–H groups in total. The Morgan fingerprint density at radius 2 is 1.54 bits per heavy atom. The van der Waals surface area contributed by atoms with Crippen LogP contribution in [0.2, 0.25) is 0 Å². The predicted octanol–water partition coefficient (Wildman–Crippen LogP) is 2.36. The van der Waals surface area contributed by atoms with Gasteiger partial charge in [0.1, 0.15) is 5.58 Å². The highest BCUT2D eigenvalue weighted by Crippen LogP contribution is 2.24. The van der Waals surface area contributed by atoms with Crippen molar-refractivity contribution in [3.63, 3.8) is 0 Å². The molecule has 0 radical (unpaired) electrons. The second-order valence-electron chi connectivity index (χ2n) is 7.01. The maximum absolute atomic E-state index is 12.5. The number of amides is 4. The van der Waals surface area contributed by atoms with Gasteiger partial charge in [0.25, 0.3) is 0 Å². The lowest BCUT2D eigenvalue weighted by atomic mass is 10.0. The fourth-order valence-electron chi connectivity index (χ4n) is 3.00. The van der Waals surface area contributed by atoms with Crippen LogP contribution in [0.5, 0.6) is 0 Å². The third-order valence-corrected chi connectivity index (χ3v) is 4.46. The van der Waals surface area contributed by atoms with Gasteiger partial charge in [-0.3, -0.25) is 19.4 Å². The molecule has 0 bridgehead atoms. The minimum atomic E-state index is -0.874. The summed E-state index contributed by atoms with van der Waals surface area (Å²) in [6.07, 6.45) is 0. The Balaban J connectivity index is 2.02. The van der Waals surface area contributed by atoms with Crippen molar-refractivity contribution in [2.75, 3.05) is 6.54 Å². The first kappa shape index (κ1) is 17.8. The van der Waals surface area contributed by atoms with Gasteiger partial charge in [0.05, 0.1) is 6.54 Å². The quantitative estimate of drug-likeness (QED) is 0.477. The summed E-state index contributed by atoms with van der Waals surface area (Å²) in [4.78, 5) is 50.6. The molecule has 1 fully saturated rings. The van der Waals surface area contributed by atoms with Gasteiger partial charge < -0.3 is 4.42 Å². The molecule has 7 heteroatoms. The second-order valence-corrected chi connectivity index (χ2v) is 7.01. The lowest BCUT2D eigenvalue weighted by molar-refractivity contribution is -0.143. The number of rotatable bonds is 4. The molecule has 3 rings (SSSR count). The lowest BCUT2D eigenvalue weighted by Gasteiger charge is -2.17. The van der Waals surface area contributed by atoms with Crippen LogP contribution in [0.1, 0.15) is 30.5 Å². The zero-order valence-corrected chi connectivity index (χ0v) is 15.2. The number of aryl methyl sites for hydroxylation is 2. The van der Waals surface area contributed by atoms with E-state index in [-0.39, 0.29) is 19.0 Å². The van der Waals surface area contributed by atoms with Crippen LogP contribution < -0.4 is 5.63 Å². The molecular formula is C19H20N2O5. The van der Waals surface area contributed by atoms with Crippen molar-refractivity contribution < 1.29 is 18.8 Å². The average molecular weight is 356 g/mol. The normalized spacial score (nSPS) is 15.0. The number of fused-ring (bicyclic) bond motifs is 1. The molecule has 0 unspecified atom stereocenters. The van der Waals surface area contributed by atoms with E-state index in [2.05, 4.69) is 0 Å². The maximum Gasteiger partial charge on any atom is 0.336 e. The van der Waals surface area contributed by atoms with Crippen molar-refractivity contribution in [3.8, 4) is 0 Å². The summed E-state index contributed by atoms with van der Waals surface area (Å²) in [6, 6.07) is 4.20. The maximum atomic E-state index is 12.5. The number of imide groups is 2. The Kier molecular flexibility index (Phi) is 4.39. The van der Waals surface area contributed by atoms with Gasteiger partial charge >= 0.3 is 23.5 Å². The van der Waals surface area contributed by atoms with Gasteiger partial charge in [-0.05, 0) is 48.6 Å². The third kappa shape index (κ3) is 3.00. The van der Waals surface area contributed by atoms with Crippen LogP contribution >= 0.6 is 0 Å². The molecule has 0 saturated carbocycles. The van der Waals surface area contributed by atoms with Crippen LogP contribution in [-0.2, 0) is 16.1 Å². The summed E-state index contributed by atoms with van der Waals surface area (Å²) in [5, 5.41) is 0.642. The molecule has 26 heavy (non-hydrogen) atoms. The smallest absolute Gasteiger partial charge is 0.336 e. The number of benzene rings is 1. The molecule has 0 aliphatic carbocycles. The van der Waals surface area contributed by atoms with Crippen molar-refractivity contribution in [1.82, 2.24) is 9.80 Å². The summed E-state index contributed by atoms with van der Waals surface area (Å²) in [5.41, 5.74) is 2.24. The first-order valence-corrected chi connectivity index (χ1v) is 8.40. The van der Waals surface area contributed by atoms with E-state index >= 15 is 0 Å². The van der Waals surface area contributed by atoms with Gasteiger partial charge in [-0.1, -0.05) is 13.8 Å². The van der Waals surface area contributed by atoms with Gasteiger partial charge in [0, 0.05) is 18.0 Å². The minimum absolute atomic E-state index is 0.0471. The molecule has 4 amide bonds. The molecule has 2 aromatic rings. The molecule has 7 nitrogen and oxygen atoms in total. The number of carbonyl (C=O) groups excluding carboxylic acids is 3. The third-order valence-electron chi connectivity index (χ3n) is 4.46. The van der Waals surface area contributed by atoms with Crippen molar-refractivity contribution in [2.45, 2.75) is 34.2 Å². The Morgan fingerprint density at radius 3 is 2.19 bits per heavy atom. The molecule has 1 aromatic heterocycles. The summed E-state index contributed by atoms with van der Waals surface area (Å²) in [6.45, 7) is 7.56. The molecule has 136 valence electrons. The second kappa shape index (κ2) is 6.40. The van der Waals surface area contributed by atoms with E-state index in [1.54, 1.807) is 6.07 Å². The van der Waals surface area contributed by atoms with Crippen molar-refractivity contribution >= 4 is 28.8 Å². The number of nitrogens with zero attached hydrogens (tertiary/aromatic N) is 2. The van der Waals surface area contributed by atoms with Gasteiger partial charge in [0.2, 0.25) is 0 Å². The van der Waals surface area contributed by atoms with Gasteiger partial charge in [-0.25, -0.2) is 9.59 Å². The van der Waals surface area contributed by atoms with Gasteiger partial charge in [-0.15, -0.1) is 0 Å². The zero-order chi connectivity index (χ0) is 19.2. The van der Waals surface area contributed by atoms with Gasteiger partial charge in [0.15, 0.2) is 0 Å². The number of urea groups is 1. The Hall–Kier alpha value is -2.96. The average Bonchev–Trinajstić information content (AvgIpc) is 2.74. The van der Waals surface area contributed by atoms with E-state index in [0.717, 1.165) is 20.9 Å². The van der Waals surface area contributed by atoms with Crippen LogP contribution in [-0.4, -0.2) is 34.2 Å². The van der Waals surface area contributed by atoms with E-state index in [4.69, 9.17) is 4.42 Å². The van der Waals surface area contributed by atoms with Crippen LogP contribution in [0, 0.1) is 19.8 Å². The van der Waals surface area contributed by atoms with E-state index in [1.807, 2.05) is 33.8 Å². The first-order valence-electron chi connectivity index (χ1n) is 8.40. The van der Waals surface area contributed by atoms with Crippen LogP contribution in [0.25, 0.3) is 11.0 Å².